The quantitative estimate of drug-likeness (QED) is 0.612. The van der Waals surface area contributed by atoms with Gasteiger partial charge in [0.05, 0.1) is 5.69 Å². The Kier molecular flexibility index (Phi) is 3.50. The summed E-state index contributed by atoms with van der Waals surface area (Å²) in [6.07, 6.45) is 12.1. The van der Waals surface area contributed by atoms with Crippen LogP contribution >= 0.6 is 0 Å². The predicted molar refractivity (Wildman–Crippen MR) is 70.3 cm³/mol. The highest BCUT2D eigenvalue weighted by Gasteiger charge is 1.98. The molecule has 0 radical (unpaired) electrons. The Morgan fingerprint density at radius 3 is 2.94 bits per heavy atom. The maximum absolute atomic E-state index is 4.47. The van der Waals surface area contributed by atoms with Gasteiger partial charge in [-0.25, -0.2) is 0 Å². The van der Waals surface area contributed by atoms with Gasteiger partial charge in [-0.2, -0.15) is 0 Å². The largest absolute Gasteiger partial charge is 0.256 e. The summed E-state index contributed by atoms with van der Waals surface area (Å²) in [6, 6.07) is 8.26. The zero-order chi connectivity index (χ0) is 11.2. The Labute approximate surface area is 96.5 Å². The summed E-state index contributed by atoms with van der Waals surface area (Å²) < 4.78 is 0. The van der Waals surface area contributed by atoms with Crippen molar-refractivity contribution in [1.29, 1.82) is 0 Å². The van der Waals surface area contributed by atoms with Gasteiger partial charge in [-0.3, -0.25) is 4.99 Å². The van der Waals surface area contributed by atoms with Gasteiger partial charge in [0.1, 0.15) is 0 Å². The van der Waals surface area contributed by atoms with E-state index in [4.69, 9.17) is 0 Å². The van der Waals surface area contributed by atoms with Crippen molar-refractivity contribution in [3.63, 3.8) is 0 Å². The lowest BCUT2D eigenvalue weighted by Crippen LogP contribution is -1.84. The normalized spacial score (nSPS) is 19.6. The van der Waals surface area contributed by atoms with E-state index in [-0.39, 0.29) is 0 Å². The molecule has 1 aliphatic rings. The van der Waals surface area contributed by atoms with Crippen LogP contribution in [0.2, 0.25) is 0 Å². The molecule has 1 heterocycles. The van der Waals surface area contributed by atoms with Crippen molar-refractivity contribution < 1.29 is 0 Å². The van der Waals surface area contributed by atoms with Crippen LogP contribution in [-0.4, -0.2) is 6.21 Å². The first kappa shape index (κ1) is 10.6. The fraction of sp³-hybridized carbons (Fsp3) is 0.133. The summed E-state index contributed by atoms with van der Waals surface area (Å²) in [5.74, 6) is 0. The van der Waals surface area contributed by atoms with Crippen LogP contribution in [0.4, 0.5) is 5.69 Å². The van der Waals surface area contributed by atoms with Gasteiger partial charge in [-0.15, -0.1) is 0 Å². The molecule has 0 saturated carbocycles. The molecule has 0 saturated heterocycles. The lowest BCUT2D eigenvalue weighted by Gasteiger charge is -2.02. The standard InChI is InChI=1S/C15H15N/c1-13-8-4-2-3-5-9-14-10-6-7-11-15(14)16-12-13/h2-4,6-8,10-12H,1,5,9H2/b3-2-,8-4-,16-12?. The Bertz CT molecular complexity index is 464. The zero-order valence-electron chi connectivity index (χ0n) is 9.26. The number of aryl methyl sites for hydroxylation is 1. The SMILES string of the molecule is C=C1C=Nc2ccccc2CC/C=C\C=C/1. The van der Waals surface area contributed by atoms with Crippen LogP contribution in [0.15, 0.2) is 65.7 Å². The van der Waals surface area contributed by atoms with Crippen LogP contribution in [0, 0.1) is 0 Å². The number of hydrogen-bond acceptors (Lipinski definition) is 1. The van der Waals surface area contributed by atoms with E-state index in [0.29, 0.717) is 0 Å². The molecule has 0 aromatic heterocycles. The fourth-order valence-electron chi connectivity index (χ4n) is 1.64. The summed E-state index contributed by atoms with van der Waals surface area (Å²) in [4.78, 5) is 4.47. The molecule has 0 bridgehead atoms. The predicted octanol–water partition coefficient (Wildman–Crippen LogP) is 4.00. The summed E-state index contributed by atoms with van der Waals surface area (Å²) in [5.41, 5.74) is 3.26. The molecule has 16 heavy (non-hydrogen) atoms. The summed E-state index contributed by atoms with van der Waals surface area (Å²) >= 11 is 0. The highest BCUT2D eigenvalue weighted by Crippen LogP contribution is 2.20. The fourth-order valence-corrected chi connectivity index (χ4v) is 1.64. The first-order chi connectivity index (χ1) is 7.86. The maximum atomic E-state index is 4.47. The molecular weight excluding hydrogens is 194 g/mol. The van der Waals surface area contributed by atoms with E-state index in [1.54, 1.807) is 0 Å². The molecular formula is C15H15N. The number of allylic oxidation sites excluding steroid dienone is 5. The highest BCUT2D eigenvalue weighted by atomic mass is 14.7. The number of hydrogen-bond donors (Lipinski definition) is 0. The molecule has 1 nitrogen and oxygen atoms in total. The lowest BCUT2D eigenvalue weighted by molar-refractivity contribution is 1.00. The van der Waals surface area contributed by atoms with Crippen LogP contribution in [0.25, 0.3) is 0 Å². The minimum Gasteiger partial charge on any atom is -0.256 e. The Hall–Kier alpha value is -1.89. The number of aliphatic imine (C=N–C) groups is 1. The number of rotatable bonds is 0. The van der Waals surface area contributed by atoms with E-state index in [1.165, 1.54) is 5.56 Å². The van der Waals surface area contributed by atoms with Crippen molar-refractivity contribution in [1.82, 2.24) is 0 Å². The summed E-state index contributed by atoms with van der Waals surface area (Å²) in [6.45, 7) is 3.92. The van der Waals surface area contributed by atoms with E-state index in [9.17, 15) is 0 Å². The molecule has 2 rings (SSSR count). The van der Waals surface area contributed by atoms with Crippen LogP contribution in [0.1, 0.15) is 12.0 Å². The van der Waals surface area contributed by atoms with E-state index in [0.717, 1.165) is 24.1 Å². The van der Waals surface area contributed by atoms with Gasteiger partial charge in [0.2, 0.25) is 0 Å². The maximum Gasteiger partial charge on any atom is 0.0661 e. The Balaban J connectivity index is 2.35. The number of para-hydroxylation sites is 1. The van der Waals surface area contributed by atoms with Gasteiger partial charge in [-0.05, 0) is 30.0 Å². The summed E-state index contributed by atoms with van der Waals surface area (Å²) in [7, 11) is 0. The molecule has 0 spiro atoms. The molecule has 1 heteroatoms. The number of benzene rings is 1. The van der Waals surface area contributed by atoms with Crippen molar-refractivity contribution in [3.8, 4) is 0 Å². The monoisotopic (exact) mass is 209 g/mol. The van der Waals surface area contributed by atoms with E-state index >= 15 is 0 Å². The first-order valence-corrected chi connectivity index (χ1v) is 5.50. The van der Waals surface area contributed by atoms with Crippen LogP contribution < -0.4 is 0 Å². The van der Waals surface area contributed by atoms with Crippen LogP contribution in [0.3, 0.4) is 0 Å². The third-order valence-corrected chi connectivity index (χ3v) is 2.50. The van der Waals surface area contributed by atoms with E-state index in [1.807, 2.05) is 30.5 Å². The lowest BCUT2D eigenvalue weighted by atomic mass is 10.1. The van der Waals surface area contributed by atoms with E-state index in [2.05, 4.69) is 35.9 Å². The molecule has 0 aliphatic carbocycles. The van der Waals surface area contributed by atoms with Gasteiger partial charge in [0.15, 0.2) is 0 Å². The van der Waals surface area contributed by atoms with Gasteiger partial charge in [-0.1, -0.05) is 49.1 Å². The van der Waals surface area contributed by atoms with Gasteiger partial charge < -0.3 is 0 Å². The van der Waals surface area contributed by atoms with Crippen molar-refractivity contribution >= 4 is 11.9 Å². The second kappa shape index (κ2) is 5.26. The molecule has 80 valence electrons. The van der Waals surface area contributed by atoms with Gasteiger partial charge in [0, 0.05) is 6.21 Å². The van der Waals surface area contributed by atoms with Gasteiger partial charge >= 0.3 is 0 Å². The smallest absolute Gasteiger partial charge is 0.0661 e. The van der Waals surface area contributed by atoms with Crippen molar-refractivity contribution in [2.75, 3.05) is 0 Å². The molecule has 0 unspecified atom stereocenters. The Morgan fingerprint density at radius 1 is 1.12 bits per heavy atom. The van der Waals surface area contributed by atoms with Crippen molar-refractivity contribution in [3.05, 3.63) is 66.3 Å². The third-order valence-electron chi connectivity index (χ3n) is 2.50. The minimum atomic E-state index is 0.918. The topological polar surface area (TPSA) is 12.4 Å². The molecule has 0 N–H and O–H groups in total. The average Bonchev–Trinajstić information content (AvgIpc) is 2.35. The second-order valence-electron chi connectivity index (χ2n) is 3.79. The third kappa shape index (κ3) is 2.80. The van der Waals surface area contributed by atoms with Crippen LogP contribution in [0.5, 0.6) is 0 Å². The Morgan fingerprint density at radius 2 is 2.00 bits per heavy atom. The number of fused-ring (bicyclic) bond motifs is 1. The molecule has 0 amide bonds. The van der Waals surface area contributed by atoms with Crippen molar-refractivity contribution in [2.45, 2.75) is 12.8 Å². The van der Waals surface area contributed by atoms with E-state index < -0.39 is 0 Å². The number of nitrogens with zero attached hydrogens (tertiary/aromatic N) is 1. The highest BCUT2D eigenvalue weighted by molar-refractivity contribution is 5.84. The first-order valence-electron chi connectivity index (χ1n) is 5.50. The van der Waals surface area contributed by atoms with Gasteiger partial charge in [0.25, 0.3) is 0 Å². The molecule has 0 fully saturated rings. The molecule has 0 atom stereocenters. The molecule has 1 aliphatic heterocycles. The zero-order valence-corrected chi connectivity index (χ0v) is 9.26. The average molecular weight is 209 g/mol. The summed E-state index contributed by atoms with van der Waals surface area (Å²) in [5, 5.41) is 0. The molecule has 1 aromatic rings. The second-order valence-corrected chi connectivity index (χ2v) is 3.79. The van der Waals surface area contributed by atoms with Crippen molar-refractivity contribution in [2.24, 2.45) is 4.99 Å². The molecule has 1 aromatic carbocycles. The minimum absolute atomic E-state index is 0.918. The van der Waals surface area contributed by atoms with Crippen LogP contribution in [-0.2, 0) is 6.42 Å².